The molecule has 2 atom stereocenters. The molecule has 9 heteroatoms. The van der Waals surface area contributed by atoms with E-state index in [2.05, 4.69) is 39.0 Å². The van der Waals surface area contributed by atoms with Crippen LogP contribution < -0.4 is 19.7 Å². The Bertz CT molecular complexity index is 1410. The molecule has 0 fully saturated rings. The summed E-state index contributed by atoms with van der Waals surface area (Å²) in [4.78, 5) is 11.4. The first-order valence-electron chi connectivity index (χ1n) is 11.6. The summed E-state index contributed by atoms with van der Waals surface area (Å²) >= 11 is 0. The predicted octanol–water partition coefficient (Wildman–Crippen LogP) is 3.61. The van der Waals surface area contributed by atoms with Gasteiger partial charge in [-0.15, -0.1) is 0 Å². The molecule has 0 spiro atoms. The van der Waals surface area contributed by atoms with Gasteiger partial charge in [-0.25, -0.2) is 18.9 Å². The maximum absolute atomic E-state index is 14.3. The van der Waals surface area contributed by atoms with Crippen molar-refractivity contribution in [1.82, 2.24) is 24.9 Å². The third kappa shape index (κ3) is 4.03. The zero-order valence-corrected chi connectivity index (χ0v) is 19.3. The second-order valence-electron chi connectivity index (χ2n) is 8.99. The normalized spacial score (nSPS) is 19.6. The Labute approximate surface area is 202 Å². The summed E-state index contributed by atoms with van der Waals surface area (Å²) in [5.74, 6) is 1.28. The van der Waals surface area contributed by atoms with Gasteiger partial charge in [0.25, 0.3) is 0 Å². The number of fused-ring (bicyclic) bond motifs is 1. The Hall–Kier alpha value is -4.14. The van der Waals surface area contributed by atoms with Crippen molar-refractivity contribution in [3.63, 3.8) is 0 Å². The summed E-state index contributed by atoms with van der Waals surface area (Å²) < 4.78 is 28.2. The van der Waals surface area contributed by atoms with Crippen LogP contribution in [0.5, 0.6) is 11.6 Å². The van der Waals surface area contributed by atoms with Gasteiger partial charge >= 0.3 is 0 Å². The van der Waals surface area contributed by atoms with Gasteiger partial charge in [0.15, 0.2) is 17.2 Å². The van der Waals surface area contributed by atoms with Gasteiger partial charge in [0.2, 0.25) is 5.88 Å². The number of pyridine rings is 1. The summed E-state index contributed by atoms with van der Waals surface area (Å²) in [6.45, 7) is 7.34. The molecule has 6 rings (SSSR count). The van der Waals surface area contributed by atoms with Crippen LogP contribution in [0.3, 0.4) is 0 Å². The van der Waals surface area contributed by atoms with Gasteiger partial charge in [-0.2, -0.15) is 5.10 Å². The van der Waals surface area contributed by atoms with E-state index in [0.29, 0.717) is 54.1 Å². The van der Waals surface area contributed by atoms with Gasteiger partial charge in [-0.1, -0.05) is 36.9 Å². The molecule has 0 saturated heterocycles. The molecule has 178 valence electrons. The van der Waals surface area contributed by atoms with Crippen molar-refractivity contribution >= 4 is 17.2 Å². The van der Waals surface area contributed by atoms with Crippen molar-refractivity contribution < 1.29 is 13.9 Å². The highest BCUT2D eigenvalue weighted by molar-refractivity contribution is 5.75. The van der Waals surface area contributed by atoms with Crippen LogP contribution in [-0.4, -0.2) is 44.9 Å². The number of hydrogen-bond donors (Lipinski definition) is 1. The van der Waals surface area contributed by atoms with E-state index in [1.54, 1.807) is 10.7 Å². The summed E-state index contributed by atoms with van der Waals surface area (Å²) in [7, 11) is 0. The maximum atomic E-state index is 14.3. The quantitative estimate of drug-likeness (QED) is 0.478. The van der Waals surface area contributed by atoms with Crippen LogP contribution in [0.1, 0.15) is 23.6 Å². The van der Waals surface area contributed by atoms with Crippen molar-refractivity contribution in [1.29, 1.82) is 0 Å². The second kappa shape index (κ2) is 8.57. The van der Waals surface area contributed by atoms with Crippen LogP contribution in [0.2, 0.25) is 0 Å². The standard InChI is InChI=1S/C26H25FN6O2/c1-16-14-35-26-19(9-20(27)10-28-26)12-32-21(8-18-6-4-3-5-7-18)15-34-23-13-33-24(31-25(23)32)22(11-29-33)17(2)30-16/h3-7,9-11,13,16,21,30H,2,8,12,14-15H2,1H3/t16-,21-/m1/s1. The van der Waals surface area contributed by atoms with Crippen molar-refractivity contribution in [2.75, 3.05) is 18.1 Å². The van der Waals surface area contributed by atoms with Crippen molar-refractivity contribution in [3.05, 3.63) is 84.1 Å². The molecule has 0 aliphatic carbocycles. The molecular formula is C26H25FN6O2. The molecule has 0 saturated carbocycles. The molecule has 2 bridgehead atoms. The van der Waals surface area contributed by atoms with Crippen LogP contribution in [0, 0.1) is 5.82 Å². The molecule has 1 N–H and O–H groups in total. The number of benzene rings is 1. The molecule has 0 radical (unpaired) electrons. The van der Waals surface area contributed by atoms with Gasteiger partial charge in [-0.3, -0.25) is 0 Å². The minimum atomic E-state index is -0.411. The van der Waals surface area contributed by atoms with E-state index in [1.807, 2.05) is 31.3 Å². The summed E-state index contributed by atoms with van der Waals surface area (Å²) in [6, 6.07) is 11.6. The second-order valence-corrected chi connectivity index (χ2v) is 8.99. The number of halogens is 1. The highest BCUT2D eigenvalue weighted by Crippen LogP contribution is 2.36. The zero-order chi connectivity index (χ0) is 23.9. The van der Waals surface area contributed by atoms with E-state index >= 15 is 0 Å². The fraction of sp³-hybridized carbons (Fsp3) is 0.269. The Kier molecular flexibility index (Phi) is 5.24. The van der Waals surface area contributed by atoms with Crippen LogP contribution in [0.4, 0.5) is 10.2 Å². The van der Waals surface area contributed by atoms with E-state index in [0.717, 1.165) is 12.0 Å². The number of nitrogens with one attached hydrogen (secondary N) is 1. The lowest BCUT2D eigenvalue weighted by atomic mass is 10.0. The van der Waals surface area contributed by atoms with E-state index in [9.17, 15) is 4.39 Å². The Balaban J connectivity index is 1.51. The number of hydrogen-bond acceptors (Lipinski definition) is 7. The van der Waals surface area contributed by atoms with Gasteiger partial charge in [0.05, 0.1) is 42.8 Å². The average Bonchev–Trinajstić information content (AvgIpc) is 3.27. The molecule has 8 nitrogen and oxygen atoms in total. The lowest BCUT2D eigenvalue weighted by Gasteiger charge is -2.38. The lowest BCUT2D eigenvalue weighted by molar-refractivity contribution is 0.252. The molecular weight excluding hydrogens is 447 g/mol. The third-order valence-electron chi connectivity index (χ3n) is 6.35. The predicted molar refractivity (Wildman–Crippen MR) is 130 cm³/mol. The van der Waals surface area contributed by atoms with Crippen molar-refractivity contribution in [2.24, 2.45) is 0 Å². The van der Waals surface area contributed by atoms with Crippen LogP contribution >= 0.6 is 0 Å². The molecule has 4 aromatic rings. The third-order valence-corrected chi connectivity index (χ3v) is 6.35. The monoisotopic (exact) mass is 472 g/mol. The van der Waals surface area contributed by atoms with E-state index in [4.69, 9.17) is 14.5 Å². The van der Waals surface area contributed by atoms with E-state index in [-0.39, 0.29) is 12.1 Å². The van der Waals surface area contributed by atoms with Gasteiger partial charge < -0.3 is 19.7 Å². The van der Waals surface area contributed by atoms with Crippen LogP contribution in [0.15, 0.2) is 61.6 Å². The topological polar surface area (TPSA) is 76.8 Å². The zero-order valence-electron chi connectivity index (χ0n) is 19.3. The summed E-state index contributed by atoms with van der Waals surface area (Å²) in [5.41, 5.74) is 3.99. The number of rotatable bonds is 2. The molecule has 2 aliphatic rings. The Morgan fingerprint density at radius 2 is 2.03 bits per heavy atom. The van der Waals surface area contributed by atoms with Crippen LogP contribution in [-0.2, 0) is 13.0 Å². The Morgan fingerprint density at radius 3 is 2.89 bits per heavy atom. The summed E-state index contributed by atoms with van der Waals surface area (Å²) in [5, 5.41) is 7.82. The summed E-state index contributed by atoms with van der Waals surface area (Å²) in [6.07, 6.45) is 5.50. The molecule has 35 heavy (non-hydrogen) atoms. The first-order valence-corrected chi connectivity index (χ1v) is 11.6. The van der Waals surface area contributed by atoms with Gasteiger partial charge in [0, 0.05) is 11.3 Å². The fourth-order valence-corrected chi connectivity index (χ4v) is 4.63. The minimum absolute atomic E-state index is 0.0345. The maximum Gasteiger partial charge on any atom is 0.218 e. The fourth-order valence-electron chi connectivity index (χ4n) is 4.63. The first-order chi connectivity index (χ1) is 17.0. The lowest BCUT2D eigenvalue weighted by Crippen LogP contribution is -2.45. The highest BCUT2D eigenvalue weighted by atomic mass is 19.1. The number of aromatic nitrogens is 4. The average molecular weight is 473 g/mol. The smallest absolute Gasteiger partial charge is 0.218 e. The molecule has 5 heterocycles. The van der Waals surface area contributed by atoms with Crippen LogP contribution in [0.25, 0.3) is 11.3 Å². The molecule has 0 unspecified atom stereocenters. The van der Waals surface area contributed by atoms with E-state index in [1.165, 1.54) is 17.8 Å². The first kappa shape index (κ1) is 21.4. The SMILES string of the molecule is C=C1N[C@H](C)COc2ncc(F)cc2CN2c3nc4c1cnn4cc3OC[C@H]2Cc1ccccc1. The largest absolute Gasteiger partial charge is 0.486 e. The van der Waals surface area contributed by atoms with Crippen molar-refractivity contribution in [3.8, 4) is 11.6 Å². The highest BCUT2D eigenvalue weighted by Gasteiger charge is 2.32. The number of ether oxygens (including phenoxy) is 2. The van der Waals surface area contributed by atoms with E-state index < -0.39 is 5.82 Å². The minimum Gasteiger partial charge on any atom is -0.486 e. The van der Waals surface area contributed by atoms with Gasteiger partial charge in [-0.05, 0) is 25.0 Å². The molecule has 2 aliphatic heterocycles. The molecule has 1 aromatic carbocycles. The molecule has 0 amide bonds. The van der Waals surface area contributed by atoms with Gasteiger partial charge in [0.1, 0.15) is 19.0 Å². The van der Waals surface area contributed by atoms with Crippen molar-refractivity contribution in [2.45, 2.75) is 32.0 Å². The number of anilines is 1. The molecule has 3 aromatic heterocycles. The Morgan fingerprint density at radius 1 is 1.17 bits per heavy atom. The number of nitrogens with zero attached hydrogens (tertiary/aromatic N) is 5.